The molecule has 1 aliphatic carbocycles. The molecule has 10 heteroatoms. The summed E-state index contributed by atoms with van der Waals surface area (Å²) in [6, 6.07) is 19.0. The second-order valence-corrected chi connectivity index (χ2v) is 13.5. The number of sulfonamides is 1. The zero-order chi connectivity index (χ0) is 30.4. The van der Waals surface area contributed by atoms with Gasteiger partial charge in [-0.1, -0.05) is 55.3 Å². The first-order valence-electron chi connectivity index (χ1n) is 15.1. The van der Waals surface area contributed by atoms with E-state index in [1.807, 2.05) is 0 Å². The van der Waals surface area contributed by atoms with Crippen LogP contribution in [0.25, 0.3) is 0 Å². The minimum Gasteiger partial charge on any atom is -0.352 e. The molecule has 0 unspecified atom stereocenters. The highest BCUT2D eigenvalue weighted by molar-refractivity contribution is 7.89. The monoisotopic (exact) mass is 610 g/mol. The van der Waals surface area contributed by atoms with Crippen LogP contribution < -0.4 is 16.4 Å². The lowest BCUT2D eigenvalue weighted by atomic mass is 9.80. The van der Waals surface area contributed by atoms with E-state index in [9.17, 15) is 22.0 Å². The molecule has 3 aromatic rings. The lowest BCUT2D eigenvalue weighted by Gasteiger charge is -2.38. The van der Waals surface area contributed by atoms with E-state index in [0.29, 0.717) is 42.1 Å². The lowest BCUT2D eigenvalue weighted by molar-refractivity contribution is -0.124. The van der Waals surface area contributed by atoms with E-state index in [0.717, 1.165) is 32.1 Å². The summed E-state index contributed by atoms with van der Waals surface area (Å²) in [5, 5.41) is 6.55. The van der Waals surface area contributed by atoms with Crippen LogP contribution in [0.15, 0.2) is 83.8 Å². The molecule has 1 amide bonds. The average Bonchev–Trinajstić information content (AvgIpc) is 3.03. The highest BCUT2D eigenvalue weighted by Gasteiger charge is 2.36. The maximum absolute atomic E-state index is 13.7. The van der Waals surface area contributed by atoms with E-state index < -0.39 is 33.6 Å². The van der Waals surface area contributed by atoms with Gasteiger partial charge in [0.2, 0.25) is 15.9 Å². The van der Waals surface area contributed by atoms with Crippen LogP contribution in [0.3, 0.4) is 0 Å². The zero-order valence-electron chi connectivity index (χ0n) is 24.2. The van der Waals surface area contributed by atoms with E-state index in [1.165, 1.54) is 24.3 Å². The van der Waals surface area contributed by atoms with Gasteiger partial charge in [0, 0.05) is 37.6 Å². The van der Waals surface area contributed by atoms with Gasteiger partial charge in [-0.2, -0.15) is 4.31 Å². The van der Waals surface area contributed by atoms with E-state index in [1.54, 1.807) is 58.9 Å². The minimum atomic E-state index is -3.62. The molecule has 1 aliphatic heterocycles. The first-order chi connectivity index (χ1) is 20.7. The standard InChI is InChI=1S/C33H40F2N4O3S/c34-26-15-10-24(11-16-26)31(25-12-17-27(35)18-13-25)32(36)33(40)38-30-9-5-4-6-23(30)14-19-28-22-37-20-21-39(28)43(41,42)29-7-2-1-3-8-29/h1-3,7-8,10-13,15-18,23,28,30-32,37H,4-6,9,14,19-22,36H2,(H,38,40)/t23-,28-,30+,32-/m0/s1. The molecule has 0 bridgehead atoms. The van der Waals surface area contributed by atoms with Crippen LogP contribution in [-0.4, -0.2) is 56.4 Å². The maximum atomic E-state index is 13.7. The van der Waals surface area contributed by atoms with E-state index >= 15 is 0 Å². The van der Waals surface area contributed by atoms with Crippen molar-refractivity contribution >= 4 is 15.9 Å². The van der Waals surface area contributed by atoms with Gasteiger partial charge < -0.3 is 16.4 Å². The molecule has 0 spiro atoms. The Labute approximate surface area is 252 Å². The number of nitrogens with one attached hydrogen (secondary N) is 2. The third-order valence-corrected chi connectivity index (χ3v) is 10.8. The topological polar surface area (TPSA) is 105 Å². The first kappa shape index (κ1) is 31.3. The van der Waals surface area contributed by atoms with Gasteiger partial charge in [-0.3, -0.25) is 4.79 Å². The molecule has 2 aliphatic rings. The molecule has 5 rings (SSSR count). The Hall–Kier alpha value is -3.18. The van der Waals surface area contributed by atoms with Crippen molar-refractivity contribution in [2.45, 2.75) is 67.5 Å². The Morgan fingerprint density at radius 2 is 1.51 bits per heavy atom. The van der Waals surface area contributed by atoms with Crippen LogP contribution >= 0.6 is 0 Å². The van der Waals surface area contributed by atoms with Gasteiger partial charge in [-0.15, -0.1) is 0 Å². The molecular weight excluding hydrogens is 570 g/mol. The number of carbonyl (C=O) groups is 1. The minimum absolute atomic E-state index is 0.0925. The van der Waals surface area contributed by atoms with Gasteiger partial charge in [0.1, 0.15) is 11.6 Å². The molecule has 43 heavy (non-hydrogen) atoms. The Morgan fingerprint density at radius 3 is 2.14 bits per heavy atom. The van der Waals surface area contributed by atoms with Crippen molar-refractivity contribution in [1.82, 2.24) is 14.9 Å². The molecule has 7 nitrogen and oxygen atoms in total. The molecule has 1 saturated carbocycles. The van der Waals surface area contributed by atoms with Gasteiger partial charge in [-0.25, -0.2) is 17.2 Å². The van der Waals surface area contributed by atoms with Crippen molar-refractivity contribution in [3.63, 3.8) is 0 Å². The molecule has 3 aromatic carbocycles. The van der Waals surface area contributed by atoms with Crippen molar-refractivity contribution in [1.29, 1.82) is 0 Å². The second kappa shape index (κ2) is 14.1. The van der Waals surface area contributed by atoms with Crippen LogP contribution in [0.5, 0.6) is 0 Å². The number of piperazine rings is 1. The molecular formula is C33H40F2N4O3S. The van der Waals surface area contributed by atoms with Crippen LogP contribution in [0, 0.1) is 17.6 Å². The molecule has 4 atom stereocenters. The van der Waals surface area contributed by atoms with E-state index in [4.69, 9.17) is 5.73 Å². The number of carbonyl (C=O) groups excluding carboxylic acids is 1. The predicted molar refractivity (Wildman–Crippen MR) is 163 cm³/mol. The maximum Gasteiger partial charge on any atom is 0.243 e. The van der Waals surface area contributed by atoms with Crippen LogP contribution in [-0.2, 0) is 14.8 Å². The summed E-state index contributed by atoms with van der Waals surface area (Å²) in [7, 11) is -3.62. The normalized spacial score (nSPS) is 22.3. The fourth-order valence-corrected chi connectivity index (χ4v) is 8.24. The molecule has 0 aromatic heterocycles. The number of amides is 1. The van der Waals surface area contributed by atoms with Crippen molar-refractivity contribution in [3.8, 4) is 0 Å². The van der Waals surface area contributed by atoms with Gasteiger partial charge in [0.05, 0.1) is 10.9 Å². The molecule has 4 N–H and O–H groups in total. The highest BCUT2D eigenvalue weighted by atomic mass is 32.2. The van der Waals surface area contributed by atoms with Crippen molar-refractivity contribution in [2.75, 3.05) is 19.6 Å². The number of nitrogens with zero attached hydrogens (tertiary/aromatic N) is 1. The highest BCUT2D eigenvalue weighted by Crippen LogP contribution is 2.32. The average molecular weight is 611 g/mol. The Balaban J connectivity index is 1.28. The number of benzene rings is 3. The molecule has 0 radical (unpaired) electrons. The summed E-state index contributed by atoms with van der Waals surface area (Å²) in [6.45, 7) is 1.60. The summed E-state index contributed by atoms with van der Waals surface area (Å²) in [5.41, 5.74) is 7.93. The summed E-state index contributed by atoms with van der Waals surface area (Å²) in [6.07, 6.45) is 5.23. The molecule has 1 heterocycles. The van der Waals surface area contributed by atoms with Gasteiger partial charge in [-0.05, 0) is 79.1 Å². The SMILES string of the molecule is N[C@H](C(=O)N[C@@H]1CCCC[C@H]1CC[C@H]1CNCCN1S(=O)(=O)c1ccccc1)C(c1ccc(F)cc1)c1ccc(F)cc1. The Morgan fingerprint density at radius 1 is 0.907 bits per heavy atom. The van der Waals surface area contributed by atoms with Crippen molar-refractivity contribution in [3.05, 3.63) is 102 Å². The lowest BCUT2D eigenvalue weighted by Crippen LogP contribution is -2.54. The van der Waals surface area contributed by atoms with E-state index in [2.05, 4.69) is 10.6 Å². The third kappa shape index (κ3) is 7.49. The third-order valence-electron chi connectivity index (χ3n) is 8.87. The van der Waals surface area contributed by atoms with Crippen LogP contribution in [0.1, 0.15) is 55.6 Å². The smallest absolute Gasteiger partial charge is 0.243 e. The van der Waals surface area contributed by atoms with Crippen molar-refractivity contribution in [2.24, 2.45) is 11.7 Å². The molecule has 230 valence electrons. The van der Waals surface area contributed by atoms with Crippen LogP contribution in [0.2, 0.25) is 0 Å². The quantitative estimate of drug-likeness (QED) is 0.313. The van der Waals surface area contributed by atoms with Gasteiger partial charge >= 0.3 is 0 Å². The number of hydrogen-bond acceptors (Lipinski definition) is 5. The number of halogens is 2. The summed E-state index contributed by atoms with van der Waals surface area (Å²) < 4.78 is 55.9. The Bertz CT molecular complexity index is 1410. The van der Waals surface area contributed by atoms with E-state index in [-0.39, 0.29) is 23.9 Å². The zero-order valence-corrected chi connectivity index (χ0v) is 25.0. The van der Waals surface area contributed by atoms with Gasteiger partial charge in [0.15, 0.2) is 0 Å². The largest absolute Gasteiger partial charge is 0.352 e. The molecule has 2 fully saturated rings. The Kier molecular flexibility index (Phi) is 10.2. The number of hydrogen-bond donors (Lipinski definition) is 3. The summed E-state index contributed by atoms with van der Waals surface area (Å²) >= 11 is 0. The van der Waals surface area contributed by atoms with Crippen molar-refractivity contribution < 1.29 is 22.0 Å². The predicted octanol–water partition coefficient (Wildman–Crippen LogP) is 4.54. The number of nitrogens with two attached hydrogens (primary N) is 1. The first-order valence-corrected chi connectivity index (χ1v) is 16.5. The van der Waals surface area contributed by atoms with Crippen LogP contribution in [0.4, 0.5) is 8.78 Å². The fourth-order valence-electron chi connectivity index (χ4n) is 6.56. The summed E-state index contributed by atoms with van der Waals surface area (Å²) in [4.78, 5) is 13.9. The summed E-state index contributed by atoms with van der Waals surface area (Å²) in [5.74, 6) is -1.51. The molecule has 1 saturated heterocycles. The second-order valence-electron chi connectivity index (χ2n) is 11.6. The number of rotatable bonds is 10. The van der Waals surface area contributed by atoms with Gasteiger partial charge in [0.25, 0.3) is 0 Å². The fraction of sp³-hybridized carbons (Fsp3) is 0.424.